The van der Waals surface area contributed by atoms with E-state index in [0.717, 1.165) is 22.3 Å². The molecule has 0 heterocycles. The highest BCUT2D eigenvalue weighted by atomic mass is 16.6. The van der Waals surface area contributed by atoms with Crippen molar-refractivity contribution in [2.45, 2.75) is 135 Å². The Bertz CT molecular complexity index is 1760. The van der Waals surface area contributed by atoms with Gasteiger partial charge in [0.15, 0.2) is 0 Å². The van der Waals surface area contributed by atoms with Gasteiger partial charge in [-0.2, -0.15) is 0 Å². The van der Waals surface area contributed by atoms with Crippen LogP contribution in [0.2, 0.25) is 0 Å². The minimum atomic E-state index is -1.35. The molecule has 4 N–H and O–H groups in total. The van der Waals surface area contributed by atoms with E-state index in [0.29, 0.717) is 12.8 Å². The molecular weight excluding hydrogens is 773 g/mol. The van der Waals surface area contributed by atoms with Gasteiger partial charge in [-0.05, 0) is 110 Å². The van der Waals surface area contributed by atoms with E-state index in [1.165, 1.54) is 6.08 Å². The maximum atomic E-state index is 14.0. The molecule has 0 aliphatic heterocycles. The Kier molecular flexibility index (Phi) is 18.1. The first-order valence-electron chi connectivity index (χ1n) is 20.4. The summed E-state index contributed by atoms with van der Waals surface area (Å²) in [5.74, 6) is -3.12. The number of carbonyl (C=O) groups is 6. The highest BCUT2D eigenvalue weighted by Crippen LogP contribution is 2.44. The highest BCUT2D eigenvalue weighted by molar-refractivity contribution is 5.93. The molecule has 0 spiro atoms. The molecule has 3 atom stereocenters. The molecule has 15 nitrogen and oxygen atoms in total. The standard InChI is InChI=1S/C45H64N4O11/c1-11-26-56-40(53)35(22-16-17-25-46-41(54)60-45(8,9)10)47-39(52)36(28-58-43(2,3)4)48-38(51)34(23-24-37(50)59-44(5,6)7)49-42(55)57-27-33-31-20-14-12-18-29(31)30-19-13-15-21-32(30)33/h11-15,18-21,33-36H,1,16-17,22-28H2,2-10H3,(H,46,54)(H,47,52)(H,48,51)(H,49,55)/t34-,35-,36-/m0/s1. The topological polar surface area (TPSA) is 197 Å². The van der Waals surface area contributed by atoms with Gasteiger partial charge in [0.2, 0.25) is 11.8 Å². The summed E-state index contributed by atoms with van der Waals surface area (Å²) in [5.41, 5.74) is 1.91. The molecule has 60 heavy (non-hydrogen) atoms. The normalized spacial score (nSPS) is 13.9. The van der Waals surface area contributed by atoms with E-state index in [1.807, 2.05) is 48.5 Å². The van der Waals surface area contributed by atoms with Crippen LogP contribution in [0.25, 0.3) is 11.1 Å². The fourth-order valence-electron chi connectivity index (χ4n) is 6.24. The number of hydrogen-bond donors (Lipinski definition) is 4. The third-order valence-electron chi connectivity index (χ3n) is 8.86. The summed E-state index contributed by atoms with van der Waals surface area (Å²) >= 11 is 0. The molecule has 1 aliphatic rings. The maximum Gasteiger partial charge on any atom is 0.407 e. The molecule has 4 amide bonds. The van der Waals surface area contributed by atoms with Crippen LogP contribution in [0, 0.1) is 0 Å². The zero-order valence-corrected chi connectivity index (χ0v) is 36.6. The molecule has 0 unspecified atom stereocenters. The molecule has 330 valence electrons. The van der Waals surface area contributed by atoms with Crippen LogP contribution < -0.4 is 21.3 Å². The van der Waals surface area contributed by atoms with Crippen molar-refractivity contribution in [2.24, 2.45) is 0 Å². The lowest BCUT2D eigenvalue weighted by molar-refractivity contribution is -0.155. The monoisotopic (exact) mass is 836 g/mol. The second-order valence-electron chi connectivity index (χ2n) is 17.5. The Morgan fingerprint density at radius 3 is 1.80 bits per heavy atom. The number of carbonyl (C=O) groups excluding carboxylic acids is 6. The molecule has 0 radical (unpaired) electrons. The summed E-state index contributed by atoms with van der Waals surface area (Å²) in [4.78, 5) is 79.3. The van der Waals surface area contributed by atoms with Gasteiger partial charge in [0, 0.05) is 18.9 Å². The van der Waals surface area contributed by atoms with Gasteiger partial charge in [-0.15, -0.1) is 0 Å². The quantitative estimate of drug-likeness (QED) is 0.0511. The van der Waals surface area contributed by atoms with Crippen LogP contribution in [0.4, 0.5) is 9.59 Å². The summed E-state index contributed by atoms with van der Waals surface area (Å²) in [5, 5.41) is 10.6. The van der Waals surface area contributed by atoms with Crippen molar-refractivity contribution in [2.75, 3.05) is 26.4 Å². The smallest absolute Gasteiger partial charge is 0.407 e. The minimum absolute atomic E-state index is 0.0227. The molecule has 2 aromatic carbocycles. The van der Waals surface area contributed by atoms with Crippen LogP contribution in [0.3, 0.4) is 0 Å². The lowest BCUT2D eigenvalue weighted by Gasteiger charge is -2.28. The SMILES string of the molecule is C=CCOC(=O)[C@H](CCCCNC(=O)OC(C)(C)C)NC(=O)[C@H](COC(C)(C)C)NC(=O)[C@H](CCC(=O)OC(C)(C)C)NC(=O)OCC1c2ccccc2-c2ccccc21. The zero-order chi connectivity index (χ0) is 44.7. The Morgan fingerprint density at radius 1 is 0.667 bits per heavy atom. The average molecular weight is 837 g/mol. The fourth-order valence-corrected chi connectivity index (χ4v) is 6.24. The van der Waals surface area contributed by atoms with E-state index < -0.39 is 70.9 Å². The number of esters is 2. The molecule has 15 heteroatoms. The number of unbranched alkanes of at least 4 members (excludes halogenated alkanes) is 1. The largest absolute Gasteiger partial charge is 0.460 e. The summed E-state index contributed by atoms with van der Waals surface area (Å²) in [7, 11) is 0. The molecular formula is C45H64N4O11. The Morgan fingerprint density at radius 2 is 1.23 bits per heavy atom. The van der Waals surface area contributed by atoms with Gasteiger partial charge in [-0.1, -0.05) is 61.2 Å². The second-order valence-corrected chi connectivity index (χ2v) is 17.5. The van der Waals surface area contributed by atoms with E-state index in [-0.39, 0.29) is 51.5 Å². The Labute approximate surface area is 354 Å². The molecule has 0 saturated carbocycles. The minimum Gasteiger partial charge on any atom is -0.460 e. The lowest BCUT2D eigenvalue weighted by Crippen LogP contribution is -2.57. The van der Waals surface area contributed by atoms with Gasteiger partial charge >= 0.3 is 24.1 Å². The zero-order valence-electron chi connectivity index (χ0n) is 36.6. The van der Waals surface area contributed by atoms with Gasteiger partial charge in [0.1, 0.15) is 42.5 Å². The van der Waals surface area contributed by atoms with Crippen LogP contribution in [0.15, 0.2) is 61.2 Å². The number of nitrogens with one attached hydrogen (secondary N) is 4. The number of alkyl carbamates (subject to hydrolysis) is 2. The molecule has 0 bridgehead atoms. The van der Waals surface area contributed by atoms with Crippen molar-refractivity contribution < 1.29 is 52.5 Å². The van der Waals surface area contributed by atoms with Crippen LogP contribution in [-0.2, 0) is 42.9 Å². The summed E-state index contributed by atoms with van der Waals surface area (Å²) in [6, 6.07) is 11.9. The van der Waals surface area contributed by atoms with E-state index in [2.05, 4.69) is 27.8 Å². The third kappa shape index (κ3) is 17.0. The second kappa shape index (κ2) is 22.2. The molecule has 0 saturated heterocycles. The van der Waals surface area contributed by atoms with Crippen molar-refractivity contribution >= 4 is 35.9 Å². The first kappa shape index (κ1) is 48.9. The first-order valence-corrected chi connectivity index (χ1v) is 20.4. The maximum absolute atomic E-state index is 14.0. The lowest BCUT2D eigenvalue weighted by atomic mass is 9.98. The number of hydrogen-bond acceptors (Lipinski definition) is 11. The molecule has 1 aliphatic carbocycles. The van der Waals surface area contributed by atoms with Crippen LogP contribution >= 0.6 is 0 Å². The van der Waals surface area contributed by atoms with Crippen molar-refractivity contribution in [3.63, 3.8) is 0 Å². The van der Waals surface area contributed by atoms with Gasteiger partial charge < -0.3 is 45.0 Å². The first-order chi connectivity index (χ1) is 28.1. The number of benzene rings is 2. The third-order valence-corrected chi connectivity index (χ3v) is 8.86. The van der Waals surface area contributed by atoms with Gasteiger partial charge in [0.25, 0.3) is 0 Å². The predicted octanol–water partition coefficient (Wildman–Crippen LogP) is 6.22. The molecule has 2 aromatic rings. The molecule has 0 aromatic heterocycles. The van der Waals surface area contributed by atoms with Crippen molar-refractivity contribution in [1.82, 2.24) is 21.3 Å². The Balaban J connectivity index is 1.77. The van der Waals surface area contributed by atoms with Gasteiger partial charge in [-0.25, -0.2) is 14.4 Å². The van der Waals surface area contributed by atoms with E-state index in [4.69, 9.17) is 23.7 Å². The number of amides is 4. The predicted molar refractivity (Wildman–Crippen MR) is 226 cm³/mol. The van der Waals surface area contributed by atoms with Crippen LogP contribution in [0.5, 0.6) is 0 Å². The summed E-state index contributed by atoms with van der Waals surface area (Å²) in [6.07, 6.45) is 0.474. The average Bonchev–Trinajstić information content (AvgIpc) is 3.47. The van der Waals surface area contributed by atoms with Crippen molar-refractivity contribution in [3.05, 3.63) is 72.3 Å². The number of fused-ring (bicyclic) bond motifs is 3. The van der Waals surface area contributed by atoms with Gasteiger partial charge in [-0.3, -0.25) is 14.4 Å². The molecule has 3 rings (SSSR count). The summed E-state index contributed by atoms with van der Waals surface area (Å²) < 4.78 is 27.6. The van der Waals surface area contributed by atoms with E-state index >= 15 is 0 Å². The summed E-state index contributed by atoms with van der Waals surface area (Å²) in [6.45, 7) is 19.1. The van der Waals surface area contributed by atoms with Gasteiger partial charge in [0.05, 0.1) is 12.2 Å². The molecule has 0 fully saturated rings. The van der Waals surface area contributed by atoms with Crippen LogP contribution in [-0.4, -0.2) is 97.2 Å². The number of ether oxygens (including phenoxy) is 5. The van der Waals surface area contributed by atoms with Crippen molar-refractivity contribution in [1.29, 1.82) is 0 Å². The fraction of sp³-hybridized carbons (Fsp3) is 0.556. The van der Waals surface area contributed by atoms with Crippen LogP contribution in [0.1, 0.15) is 111 Å². The Hall–Kier alpha value is -5.44. The number of rotatable bonds is 20. The highest BCUT2D eigenvalue weighted by Gasteiger charge is 2.34. The van der Waals surface area contributed by atoms with E-state index in [9.17, 15) is 28.8 Å². The van der Waals surface area contributed by atoms with Crippen molar-refractivity contribution in [3.8, 4) is 11.1 Å². The van der Waals surface area contributed by atoms with E-state index in [1.54, 1.807) is 62.3 Å².